The molecule has 31 heavy (non-hydrogen) atoms. The second kappa shape index (κ2) is 6.44. The molecule has 164 valence electrons. The Balaban J connectivity index is 1.97. The predicted octanol–water partition coefficient (Wildman–Crippen LogP) is -0.414. The first-order chi connectivity index (χ1) is 14.4. The van der Waals surface area contributed by atoms with Gasteiger partial charge in [0.15, 0.2) is 11.4 Å². The van der Waals surface area contributed by atoms with Crippen molar-refractivity contribution in [2.45, 2.75) is 30.2 Å². The summed E-state index contributed by atoms with van der Waals surface area (Å²) in [7, 11) is 2.93. The van der Waals surface area contributed by atoms with Crippen molar-refractivity contribution in [2.24, 2.45) is 17.6 Å². The number of aliphatic hydroxyl groups is 2. The van der Waals surface area contributed by atoms with Crippen molar-refractivity contribution in [3.8, 4) is 5.75 Å². The number of carbonyl (C=O) groups is 4. The van der Waals surface area contributed by atoms with Gasteiger partial charge in [-0.2, -0.15) is 0 Å². The summed E-state index contributed by atoms with van der Waals surface area (Å²) in [6.45, 7) is 0. The highest BCUT2D eigenvalue weighted by Gasteiger charge is 2.72. The molecule has 0 spiro atoms. The monoisotopic (exact) mass is 432 g/mol. The van der Waals surface area contributed by atoms with Crippen LogP contribution in [0, 0.1) is 11.8 Å². The van der Waals surface area contributed by atoms with Crippen LogP contribution in [0.4, 0.5) is 4.39 Å². The van der Waals surface area contributed by atoms with E-state index in [-0.39, 0.29) is 18.4 Å². The standard InChI is InChI=1S/C21H21FN2O7/c1-24(2)14-10-7-9-6-8-4-3-5-11(25)12(8)16(27)20(9,22)19(30)21(10,31)17(28)13(15(14)26)18(23)29/h3-5,9-10,14,25,28,31H,6-7H2,1-2H3,(H2,23,29)/t9-,10-,14-,20-,21+/m0/s1. The molecule has 1 amide bonds. The average Bonchev–Trinajstić information content (AvgIpc) is 2.67. The van der Waals surface area contributed by atoms with Crippen LogP contribution in [0.25, 0.3) is 0 Å². The van der Waals surface area contributed by atoms with Crippen LogP contribution in [0.5, 0.6) is 5.75 Å². The van der Waals surface area contributed by atoms with Gasteiger partial charge in [-0.05, 0) is 38.6 Å². The minimum atomic E-state index is -3.27. The number of fused-ring (bicyclic) bond motifs is 3. The third-order valence-corrected chi connectivity index (χ3v) is 6.76. The first-order valence-electron chi connectivity index (χ1n) is 9.64. The second-order valence-electron chi connectivity index (χ2n) is 8.55. The van der Waals surface area contributed by atoms with E-state index in [2.05, 4.69) is 0 Å². The third-order valence-electron chi connectivity index (χ3n) is 6.76. The van der Waals surface area contributed by atoms with Crippen LogP contribution in [0.1, 0.15) is 22.3 Å². The number of phenols is 1. The van der Waals surface area contributed by atoms with Crippen LogP contribution in [0.3, 0.4) is 0 Å². The van der Waals surface area contributed by atoms with Crippen LogP contribution in [-0.2, 0) is 20.8 Å². The van der Waals surface area contributed by atoms with Gasteiger partial charge in [-0.3, -0.25) is 24.1 Å². The number of nitrogens with zero attached hydrogens (tertiary/aromatic N) is 1. The molecule has 0 unspecified atom stereocenters. The van der Waals surface area contributed by atoms with E-state index < -0.39 is 69.5 Å². The average molecular weight is 432 g/mol. The Morgan fingerprint density at radius 1 is 1.23 bits per heavy atom. The molecule has 0 saturated heterocycles. The second-order valence-corrected chi connectivity index (χ2v) is 8.55. The number of primary amides is 1. The fraction of sp³-hybridized carbons (Fsp3) is 0.429. The van der Waals surface area contributed by atoms with Crippen molar-refractivity contribution in [3.05, 3.63) is 40.7 Å². The Morgan fingerprint density at radius 3 is 2.45 bits per heavy atom. The number of Topliss-reactive ketones (excluding diaryl/α,β-unsaturated/α-hetero) is 3. The number of hydrogen-bond acceptors (Lipinski definition) is 8. The summed E-state index contributed by atoms with van der Waals surface area (Å²) < 4.78 is 16.3. The predicted molar refractivity (Wildman–Crippen MR) is 103 cm³/mol. The maximum Gasteiger partial charge on any atom is 0.255 e. The van der Waals surface area contributed by atoms with E-state index in [9.17, 15) is 34.5 Å². The van der Waals surface area contributed by atoms with E-state index in [4.69, 9.17) is 5.73 Å². The number of alkyl halides is 1. The molecule has 1 saturated carbocycles. The van der Waals surface area contributed by atoms with Gasteiger partial charge in [0.1, 0.15) is 17.1 Å². The summed E-state index contributed by atoms with van der Waals surface area (Å²) in [5.41, 5.74) is -2.13. The van der Waals surface area contributed by atoms with Gasteiger partial charge in [0.05, 0.1) is 11.6 Å². The van der Waals surface area contributed by atoms with Crippen molar-refractivity contribution in [2.75, 3.05) is 14.1 Å². The molecule has 0 aromatic heterocycles. The van der Waals surface area contributed by atoms with Crippen LogP contribution in [-0.4, -0.2) is 74.9 Å². The number of halogens is 1. The molecule has 5 N–H and O–H groups in total. The SMILES string of the molecule is CN(C)[C@@H]1C(=O)C(C(N)=O)=C(O)[C@@]2(O)C(=O)[C@@]3(F)C(=O)c4c(O)cccc4C[C@H]3C[C@@H]12. The van der Waals surface area contributed by atoms with Crippen LogP contribution >= 0.6 is 0 Å². The Labute approximate surface area is 175 Å². The summed E-state index contributed by atoms with van der Waals surface area (Å²) in [6.07, 6.45) is -0.421. The molecule has 0 aliphatic heterocycles. The summed E-state index contributed by atoms with van der Waals surface area (Å²) in [5.74, 6) is -9.72. The van der Waals surface area contributed by atoms with Crippen molar-refractivity contribution in [1.82, 2.24) is 4.90 Å². The molecule has 9 nitrogen and oxygen atoms in total. The van der Waals surface area contributed by atoms with Gasteiger partial charge in [0.2, 0.25) is 17.2 Å². The molecule has 1 aromatic rings. The van der Waals surface area contributed by atoms with Crippen LogP contribution in [0.2, 0.25) is 0 Å². The summed E-state index contributed by atoms with van der Waals surface area (Å²) >= 11 is 0. The zero-order chi connectivity index (χ0) is 23.0. The number of phenolic OH excluding ortho intramolecular Hbond substituents is 1. The number of benzene rings is 1. The van der Waals surface area contributed by atoms with Crippen LogP contribution < -0.4 is 5.73 Å². The van der Waals surface area contributed by atoms with Gasteiger partial charge >= 0.3 is 0 Å². The molecular weight excluding hydrogens is 411 g/mol. The molecule has 5 atom stereocenters. The topological polar surface area (TPSA) is 158 Å². The highest BCUT2D eigenvalue weighted by Crippen LogP contribution is 2.54. The number of hydrogen-bond donors (Lipinski definition) is 4. The van der Waals surface area contributed by atoms with E-state index >= 15 is 4.39 Å². The number of aliphatic hydroxyl groups excluding tert-OH is 1. The van der Waals surface area contributed by atoms with Gasteiger partial charge in [-0.15, -0.1) is 0 Å². The lowest BCUT2D eigenvalue weighted by Crippen LogP contribution is -2.73. The summed E-state index contributed by atoms with van der Waals surface area (Å²) in [6, 6.07) is 2.91. The molecule has 10 heteroatoms. The lowest BCUT2D eigenvalue weighted by atomic mass is 9.53. The number of ketones is 3. The molecule has 3 aliphatic carbocycles. The fourth-order valence-electron chi connectivity index (χ4n) is 5.36. The number of amides is 1. The smallest absolute Gasteiger partial charge is 0.255 e. The number of carbonyl (C=O) groups excluding carboxylic acids is 4. The maximum atomic E-state index is 16.3. The first kappa shape index (κ1) is 21.1. The quantitative estimate of drug-likeness (QED) is 0.363. The molecule has 0 radical (unpaired) electrons. The lowest BCUT2D eigenvalue weighted by Gasteiger charge is -2.53. The summed E-state index contributed by atoms with van der Waals surface area (Å²) in [4.78, 5) is 52.6. The largest absolute Gasteiger partial charge is 0.508 e. The van der Waals surface area contributed by atoms with E-state index in [1.807, 2.05) is 0 Å². The van der Waals surface area contributed by atoms with Gasteiger partial charge in [-0.1, -0.05) is 12.1 Å². The zero-order valence-electron chi connectivity index (χ0n) is 16.8. The normalized spacial score (nSPS) is 35.0. The lowest BCUT2D eigenvalue weighted by molar-refractivity contribution is -0.174. The van der Waals surface area contributed by atoms with E-state index in [0.717, 1.165) is 0 Å². The van der Waals surface area contributed by atoms with Crippen molar-refractivity contribution >= 4 is 23.3 Å². The van der Waals surface area contributed by atoms with Crippen molar-refractivity contribution in [3.63, 3.8) is 0 Å². The highest BCUT2D eigenvalue weighted by molar-refractivity contribution is 6.27. The number of rotatable bonds is 2. The Bertz CT molecular complexity index is 1100. The Hall–Kier alpha value is -3.11. The van der Waals surface area contributed by atoms with E-state index in [1.54, 1.807) is 0 Å². The molecule has 4 rings (SSSR count). The molecule has 1 aromatic carbocycles. The fourth-order valence-corrected chi connectivity index (χ4v) is 5.36. The Morgan fingerprint density at radius 2 is 1.87 bits per heavy atom. The van der Waals surface area contributed by atoms with Gasteiger partial charge in [0.25, 0.3) is 5.91 Å². The zero-order valence-corrected chi connectivity index (χ0v) is 16.8. The van der Waals surface area contributed by atoms with E-state index in [1.165, 1.54) is 37.2 Å². The van der Waals surface area contributed by atoms with Crippen molar-refractivity contribution in [1.29, 1.82) is 0 Å². The van der Waals surface area contributed by atoms with Gasteiger partial charge in [0, 0.05) is 11.8 Å². The van der Waals surface area contributed by atoms with E-state index in [0.29, 0.717) is 5.56 Å². The number of nitrogens with two attached hydrogens (primary N) is 1. The first-order valence-corrected chi connectivity index (χ1v) is 9.64. The molecule has 1 fully saturated rings. The molecule has 3 aliphatic rings. The Kier molecular flexibility index (Phi) is 4.39. The minimum Gasteiger partial charge on any atom is -0.508 e. The van der Waals surface area contributed by atoms with Gasteiger partial charge in [-0.25, -0.2) is 4.39 Å². The van der Waals surface area contributed by atoms with Crippen molar-refractivity contribution < 1.29 is 38.9 Å². The van der Waals surface area contributed by atoms with Crippen LogP contribution in [0.15, 0.2) is 29.5 Å². The third kappa shape index (κ3) is 2.42. The minimum absolute atomic E-state index is 0.105. The maximum absolute atomic E-state index is 16.3. The molecule has 0 bridgehead atoms. The number of likely N-dealkylation sites (N-methyl/N-ethyl adjacent to an activating group) is 1. The van der Waals surface area contributed by atoms with Gasteiger partial charge < -0.3 is 21.1 Å². The molecule has 0 heterocycles. The highest BCUT2D eigenvalue weighted by atomic mass is 19.1. The number of aromatic hydroxyl groups is 1. The molecular formula is C21H21FN2O7. The summed E-state index contributed by atoms with van der Waals surface area (Å²) in [5, 5.41) is 32.0.